The summed E-state index contributed by atoms with van der Waals surface area (Å²) in [6, 6.07) is 11.1. The second kappa shape index (κ2) is 5.95. The van der Waals surface area contributed by atoms with Crippen LogP contribution in [0.3, 0.4) is 0 Å². The van der Waals surface area contributed by atoms with Gasteiger partial charge in [0.25, 0.3) is 0 Å². The summed E-state index contributed by atoms with van der Waals surface area (Å²) in [7, 11) is -2.78. The summed E-state index contributed by atoms with van der Waals surface area (Å²) in [6.45, 7) is 2.00. The summed E-state index contributed by atoms with van der Waals surface area (Å²) in [5, 5.41) is 1.26. The predicted molar refractivity (Wildman–Crippen MR) is 93.2 cm³/mol. The zero-order valence-electron chi connectivity index (χ0n) is 13.4. The van der Waals surface area contributed by atoms with E-state index >= 15 is 0 Å². The van der Waals surface area contributed by atoms with Crippen molar-refractivity contribution in [1.82, 2.24) is 9.88 Å². The molecular formula is C18H24N2O2S. The minimum atomic E-state index is -2.78. The molecule has 2 saturated heterocycles. The van der Waals surface area contributed by atoms with Crippen molar-refractivity contribution >= 4 is 20.7 Å². The molecule has 4 rings (SSSR count). The van der Waals surface area contributed by atoms with E-state index in [2.05, 4.69) is 40.2 Å². The number of benzene rings is 1. The lowest BCUT2D eigenvalue weighted by atomic mass is 9.97. The fourth-order valence-electron chi connectivity index (χ4n) is 4.18. The third-order valence-electron chi connectivity index (χ3n) is 5.34. The van der Waals surface area contributed by atoms with E-state index in [1.165, 1.54) is 29.4 Å². The van der Waals surface area contributed by atoms with Gasteiger partial charge >= 0.3 is 0 Å². The molecule has 2 atom stereocenters. The molecule has 1 aromatic carbocycles. The van der Waals surface area contributed by atoms with E-state index in [1.807, 2.05) is 0 Å². The van der Waals surface area contributed by atoms with Crippen LogP contribution < -0.4 is 0 Å². The molecule has 1 N–H and O–H groups in total. The Morgan fingerprint density at radius 2 is 2.04 bits per heavy atom. The standard InChI is InChI=1S/C18H24N2O2S/c21-23(22)10-8-14(13-23)12-20-9-4-3-7-18(20)17-11-15-5-1-2-6-16(15)19-17/h1-2,5-6,11,14,18-19H,3-4,7-10,12-13H2/t14-,18-/m1/s1. The molecular weight excluding hydrogens is 308 g/mol. The molecule has 0 bridgehead atoms. The Hall–Kier alpha value is -1.33. The van der Waals surface area contributed by atoms with Crippen molar-refractivity contribution in [2.75, 3.05) is 24.6 Å². The van der Waals surface area contributed by atoms with Gasteiger partial charge in [0.15, 0.2) is 9.84 Å². The lowest BCUT2D eigenvalue weighted by Crippen LogP contribution is -2.37. The van der Waals surface area contributed by atoms with Crippen LogP contribution in [0.15, 0.2) is 30.3 Å². The van der Waals surface area contributed by atoms with Gasteiger partial charge in [0.05, 0.1) is 11.5 Å². The van der Waals surface area contributed by atoms with E-state index < -0.39 is 9.84 Å². The van der Waals surface area contributed by atoms with Crippen molar-refractivity contribution in [3.8, 4) is 0 Å². The molecule has 124 valence electrons. The van der Waals surface area contributed by atoms with Gasteiger partial charge in [0.1, 0.15) is 0 Å². The predicted octanol–water partition coefficient (Wildman–Crippen LogP) is 3.13. The van der Waals surface area contributed by atoms with Crippen LogP contribution in [0.25, 0.3) is 10.9 Å². The molecule has 1 aromatic heterocycles. The average molecular weight is 332 g/mol. The summed E-state index contributed by atoms with van der Waals surface area (Å²) < 4.78 is 23.5. The zero-order chi connectivity index (χ0) is 15.9. The van der Waals surface area contributed by atoms with Crippen molar-refractivity contribution in [3.63, 3.8) is 0 Å². The molecule has 0 unspecified atom stereocenters. The first-order valence-corrected chi connectivity index (χ1v) is 10.4. The van der Waals surface area contributed by atoms with Crippen LogP contribution >= 0.6 is 0 Å². The summed E-state index contributed by atoms with van der Waals surface area (Å²) in [4.78, 5) is 6.09. The lowest BCUT2D eigenvalue weighted by Gasteiger charge is -2.36. The van der Waals surface area contributed by atoms with Gasteiger partial charge in [-0.1, -0.05) is 24.6 Å². The molecule has 5 heteroatoms. The van der Waals surface area contributed by atoms with E-state index in [0.29, 0.717) is 23.5 Å². The highest BCUT2D eigenvalue weighted by atomic mass is 32.2. The fourth-order valence-corrected chi connectivity index (χ4v) is 6.03. The Kier molecular flexibility index (Phi) is 3.93. The van der Waals surface area contributed by atoms with Crippen LogP contribution in [0.5, 0.6) is 0 Å². The number of nitrogens with zero attached hydrogens (tertiary/aromatic N) is 1. The second-order valence-corrected chi connectivity index (χ2v) is 9.32. The molecule has 2 aliphatic rings. The maximum atomic E-state index is 11.7. The molecule has 0 saturated carbocycles. The van der Waals surface area contributed by atoms with Crippen LogP contribution in [-0.4, -0.2) is 42.9 Å². The summed E-state index contributed by atoms with van der Waals surface area (Å²) in [5.41, 5.74) is 2.48. The first-order chi connectivity index (χ1) is 11.1. The fraction of sp³-hybridized carbons (Fsp3) is 0.556. The van der Waals surface area contributed by atoms with E-state index in [1.54, 1.807) is 0 Å². The number of hydrogen-bond donors (Lipinski definition) is 1. The quantitative estimate of drug-likeness (QED) is 0.939. The van der Waals surface area contributed by atoms with Crippen LogP contribution in [0, 0.1) is 5.92 Å². The van der Waals surface area contributed by atoms with Gasteiger partial charge in [0, 0.05) is 23.8 Å². The third-order valence-corrected chi connectivity index (χ3v) is 7.18. The number of hydrogen-bond acceptors (Lipinski definition) is 3. The Morgan fingerprint density at radius 1 is 1.17 bits per heavy atom. The number of sulfone groups is 1. The first-order valence-electron chi connectivity index (χ1n) is 8.63. The van der Waals surface area contributed by atoms with Gasteiger partial charge in [-0.05, 0) is 49.2 Å². The Morgan fingerprint density at radius 3 is 2.83 bits per heavy atom. The topological polar surface area (TPSA) is 53.2 Å². The number of para-hydroxylation sites is 1. The monoisotopic (exact) mass is 332 g/mol. The van der Waals surface area contributed by atoms with Crippen LogP contribution in [0.4, 0.5) is 0 Å². The molecule has 0 spiro atoms. The molecule has 2 aliphatic heterocycles. The molecule has 2 aromatic rings. The number of H-pyrrole nitrogens is 1. The number of aromatic nitrogens is 1. The Balaban J connectivity index is 1.55. The van der Waals surface area contributed by atoms with Crippen molar-refractivity contribution < 1.29 is 8.42 Å². The molecule has 0 amide bonds. The molecule has 3 heterocycles. The van der Waals surface area contributed by atoms with Gasteiger partial charge in [-0.3, -0.25) is 4.90 Å². The van der Waals surface area contributed by atoms with Crippen LogP contribution in [-0.2, 0) is 9.84 Å². The van der Waals surface area contributed by atoms with E-state index in [-0.39, 0.29) is 0 Å². The SMILES string of the molecule is O=S1(=O)CC[C@H](CN2CCCC[C@@H]2c2cc3ccccc3[nH]2)C1. The van der Waals surface area contributed by atoms with E-state index in [9.17, 15) is 8.42 Å². The highest BCUT2D eigenvalue weighted by Gasteiger charge is 2.32. The Bertz CT molecular complexity index is 763. The summed E-state index contributed by atoms with van der Waals surface area (Å²) in [6.07, 6.45) is 4.46. The van der Waals surface area contributed by atoms with Crippen molar-refractivity contribution in [2.45, 2.75) is 31.7 Å². The molecule has 23 heavy (non-hydrogen) atoms. The number of nitrogens with one attached hydrogen (secondary N) is 1. The smallest absolute Gasteiger partial charge is 0.150 e. The van der Waals surface area contributed by atoms with E-state index in [4.69, 9.17) is 0 Å². The highest BCUT2D eigenvalue weighted by Crippen LogP contribution is 2.34. The van der Waals surface area contributed by atoms with Gasteiger partial charge in [0.2, 0.25) is 0 Å². The normalized spacial score (nSPS) is 28.3. The van der Waals surface area contributed by atoms with Crippen molar-refractivity contribution in [3.05, 3.63) is 36.0 Å². The molecule has 0 radical (unpaired) electrons. The molecule has 2 fully saturated rings. The number of aromatic amines is 1. The number of rotatable bonds is 3. The zero-order valence-corrected chi connectivity index (χ0v) is 14.2. The summed E-state index contributed by atoms with van der Waals surface area (Å²) in [5.74, 6) is 1.07. The van der Waals surface area contributed by atoms with Crippen molar-refractivity contribution in [2.24, 2.45) is 5.92 Å². The number of fused-ring (bicyclic) bond motifs is 1. The van der Waals surface area contributed by atoms with E-state index in [0.717, 1.165) is 25.9 Å². The molecule has 4 nitrogen and oxygen atoms in total. The minimum absolute atomic E-state index is 0.310. The minimum Gasteiger partial charge on any atom is -0.357 e. The van der Waals surface area contributed by atoms with Crippen LogP contribution in [0.1, 0.15) is 37.4 Å². The molecule has 0 aliphatic carbocycles. The lowest BCUT2D eigenvalue weighted by molar-refractivity contribution is 0.127. The first kappa shape index (κ1) is 15.2. The highest BCUT2D eigenvalue weighted by molar-refractivity contribution is 7.91. The second-order valence-electron chi connectivity index (χ2n) is 7.09. The number of piperidine rings is 1. The van der Waals surface area contributed by atoms with Gasteiger partial charge < -0.3 is 4.98 Å². The van der Waals surface area contributed by atoms with Crippen LogP contribution in [0.2, 0.25) is 0 Å². The van der Waals surface area contributed by atoms with Gasteiger partial charge in [-0.25, -0.2) is 8.42 Å². The maximum Gasteiger partial charge on any atom is 0.150 e. The van der Waals surface area contributed by atoms with Gasteiger partial charge in [-0.15, -0.1) is 0 Å². The largest absolute Gasteiger partial charge is 0.357 e. The average Bonchev–Trinajstić information content (AvgIpc) is 3.10. The van der Waals surface area contributed by atoms with Gasteiger partial charge in [-0.2, -0.15) is 0 Å². The maximum absolute atomic E-state index is 11.7. The number of likely N-dealkylation sites (tertiary alicyclic amines) is 1. The third kappa shape index (κ3) is 3.17. The Labute approximate surface area is 137 Å². The van der Waals surface area contributed by atoms with Crippen molar-refractivity contribution in [1.29, 1.82) is 0 Å². The summed E-state index contributed by atoms with van der Waals surface area (Å²) >= 11 is 0.